The van der Waals surface area contributed by atoms with Gasteiger partial charge in [0.05, 0.1) is 4.92 Å². The first-order valence-corrected chi connectivity index (χ1v) is 8.68. The smallest absolute Gasteiger partial charge is 0.269 e. The van der Waals surface area contributed by atoms with E-state index in [-0.39, 0.29) is 16.9 Å². The monoisotopic (exact) mass is 350 g/mol. The van der Waals surface area contributed by atoms with Gasteiger partial charge in [0.2, 0.25) is 0 Å². The van der Waals surface area contributed by atoms with Crippen LogP contribution in [0.2, 0.25) is 0 Å². The number of non-ortho nitro benzene ring substituents is 1. The van der Waals surface area contributed by atoms with E-state index in [9.17, 15) is 15.4 Å². The molecule has 0 aliphatic heterocycles. The summed E-state index contributed by atoms with van der Waals surface area (Å²) in [5.74, 6) is 0.706. The summed E-state index contributed by atoms with van der Waals surface area (Å²) in [5.41, 5.74) is 10.1. The number of hydrogen-bond acceptors (Lipinski definition) is 5. The molecular formula is C20H22N4O2. The van der Waals surface area contributed by atoms with Crippen LogP contribution >= 0.6 is 0 Å². The molecule has 0 radical (unpaired) electrons. The van der Waals surface area contributed by atoms with Gasteiger partial charge in [-0.25, -0.2) is 4.98 Å². The molecule has 1 aromatic heterocycles. The Morgan fingerprint density at radius 3 is 2.50 bits per heavy atom. The van der Waals surface area contributed by atoms with E-state index in [1.807, 2.05) is 0 Å². The van der Waals surface area contributed by atoms with E-state index in [1.54, 1.807) is 12.1 Å². The number of nitrogens with two attached hydrogens (primary N) is 1. The molecular weight excluding hydrogens is 328 g/mol. The molecule has 0 spiro atoms. The Bertz CT molecular complexity index is 905. The fourth-order valence-corrected chi connectivity index (χ4v) is 3.70. The third-order valence-electron chi connectivity index (χ3n) is 5.30. The van der Waals surface area contributed by atoms with Crippen LogP contribution in [0.5, 0.6) is 0 Å². The first kappa shape index (κ1) is 17.9. The van der Waals surface area contributed by atoms with Crippen molar-refractivity contribution in [3.8, 4) is 17.2 Å². The predicted molar refractivity (Wildman–Crippen MR) is 100 cm³/mol. The topological polar surface area (TPSA) is 106 Å². The van der Waals surface area contributed by atoms with Crippen molar-refractivity contribution in [3.05, 3.63) is 51.2 Å². The zero-order valence-electron chi connectivity index (χ0n) is 15.2. The molecule has 3 rings (SSSR count). The summed E-state index contributed by atoms with van der Waals surface area (Å²) < 4.78 is 0. The molecule has 6 heteroatoms. The number of nitriles is 1. The van der Waals surface area contributed by atoms with Crippen LogP contribution in [0.1, 0.15) is 44.0 Å². The van der Waals surface area contributed by atoms with Gasteiger partial charge in [-0.2, -0.15) is 5.26 Å². The van der Waals surface area contributed by atoms with Crippen molar-refractivity contribution < 1.29 is 4.92 Å². The Labute approximate surface area is 152 Å². The number of fused-ring (bicyclic) bond motifs is 1. The Balaban J connectivity index is 2.19. The standard InChI is InChI=1S/C20H22N4O2/c1-20(2,3)13-6-9-17-15(10-13)18(16(11-21)19(22)23-17)12-4-7-14(8-5-12)24(25)26/h4-5,7-8,13H,6,9-10H2,1-3H3,(H2,22,23)/t13-/m0/s1. The number of aryl methyl sites for hydroxylation is 1. The number of nitro groups is 1. The summed E-state index contributed by atoms with van der Waals surface area (Å²) in [7, 11) is 0. The van der Waals surface area contributed by atoms with Crippen molar-refractivity contribution in [2.45, 2.75) is 40.0 Å². The van der Waals surface area contributed by atoms with Gasteiger partial charge < -0.3 is 5.73 Å². The minimum Gasteiger partial charge on any atom is -0.383 e. The minimum atomic E-state index is -0.430. The summed E-state index contributed by atoms with van der Waals surface area (Å²) in [6.45, 7) is 6.68. The third-order valence-corrected chi connectivity index (χ3v) is 5.30. The van der Waals surface area contributed by atoms with Crippen molar-refractivity contribution in [2.75, 3.05) is 5.73 Å². The number of anilines is 1. The zero-order chi connectivity index (χ0) is 19.1. The summed E-state index contributed by atoms with van der Waals surface area (Å²) in [4.78, 5) is 15.0. The summed E-state index contributed by atoms with van der Waals surface area (Å²) in [6.07, 6.45) is 2.69. The molecule has 0 fully saturated rings. The lowest BCUT2D eigenvalue weighted by Gasteiger charge is -2.35. The van der Waals surface area contributed by atoms with Gasteiger partial charge in [-0.3, -0.25) is 10.1 Å². The van der Waals surface area contributed by atoms with E-state index >= 15 is 0 Å². The number of pyridine rings is 1. The molecule has 1 aliphatic carbocycles. The molecule has 2 N–H and O–H groups in total. The molecule has 0 unspecified atom stereocenters. The highest BCUT2D eigenvalue weighted by Gasteiger charge is 2.32. The molecule has 1 aromatic carbocycles. The number of aromatic nitrogens is 1. The number of rotatable bonds is 2. The quantitative estimate of drug-likeness (QED) is 0.643. The maximum Gasteiger partial charge on any atom is 0.269 e. The maximum absolute atomic E-state index is 10.9. The highest BCUT2D eigenvalue weighted by Crippen LogP contribution is 2.42. The molecule has 0 amide bonds. The van der Waals surface area contributed by atoms with Crippen molar-refractivity contribution in [3.63, 3.8) is 0 Å². The highest BCUT2D eigenvalue weighted by molar-refractivity contribution is 5.79. The lowest BCUT2D eigenvalue weighted by Crippen LogP contribution is -2.28. The Morgan fingerprint density at radius 2 is 1.96 bits per heavy atom. The van der Waals surface area contributed by atoms with Crippen LogP contribution in [0.15, 0.2) is 24.3 Å². The SMILES string of the molecule is CC(C)(C)[C@H]1CCc2nc(N)c(C#N)c(-c3ccc([N+](=O)[O-])cc3)c2C1. The summed E-state index contributed by atoms with van der Waals surface area (Å²) in [5, 5.41) is 20.6. The van der Waals surface area contributed by atoms with E-state index in [0.717, 1.165) is 41.6 Å². The fourth-order valence-electron chi connectivity index (χ4n) is 3.70. The molecule has 0 bridgehead atoms. The van der Waals surface area contributed by atoms with Gasteiger partial charge in [-0.05, 0) is 53.9 Å². The number of nitrogens with zero attached hydrogens (tertiary/aromatic N) is 3. The Morgan fingerprint density at radius 1 is 1.31 bits per heavy atom. The third kappa shape index (κ3) is 3.13. The van der Waals surface area contributed by atoms with Gasteiger partial charge in [0.1, 0.15) is 17.5 Å². The van der Waals surface area contributed by atoms with E-state index in [2.05, 4.69) is 31.8 Å². The average Bonchev–Trinajstić information content (AvgIpc) is 2.59. The molecule has 134 valence electrons. The summed E-state index contributed by atoms with van der Waals surface area (Å²) >= 11 is 0. The van der Waals surface area contributed by atoms with E-state index in [0.29, 0.717) is 11.5 Å². The number of nitro benzene ring substituents is 1. The molecule has 1 atom stereocenters. The van der Waals surface area contributed by atoms with Crippen LogP contribution in [-0.2, 0) is 12.8 Å². The molecule has 1 heterocycles. The first-order chi connectivity index (χ1) is 12.2. The first-order valence-electron chi connectivity index (χ1n) is 8.68. The number of hydrogen-bond donors (Lipinski definition) is 1. The Hall–Kier alpha value is -2.94. The lowest BCUT2D eigenvalue weighted by molar-refractivity contribution is -0.384. The van der Waals surface area contributed by atoms with Crippen LogP contribution in [0, 0.1) is 32.8 Å². The van der Waals surface area contributed by atoms with Crippen molar-refractivity contribution >= 4 is 11.5 Å². The maximum atomic E-state index is 10.9. The van der Waals surface area contributed by atoms with E-state index in [1.165, 1.54) is 12.1 Å². The molecule has 1 aliphatic rings. The van der Waals surface area contributed by atoms with Crippen molar-refractivity contribution in [1.82, 2.24) is 4.98 Å². The lowest BCUT2D eigenvalue weighted by atomic mass is 9.70. The van der Waals surface area contributed by atoms with E-state index < -0.39 is 4.92 Å². The zero-order valence-corrected chi connectivity index (χ0v) is 15.2. The molecule has 26 heavy (non-hydrogen) atoms. The normalized spacial score (nSPS) is 16.6. The van der Waals surface area contributed by atoms with Crippen LogP contribution in [0.3, 0.4) is 0 Å². The Kier molecular flexibility index (Phi) is 4.41. The van der Waals surface area contributed by atoms with Gasteiger partial charge in [0.15, 0.2) is 0 Å². The molecule has 0 saturated carbocycles. The van der Waals surface area contributed by atoms with Gasteiger partial charge in [-0.15, -0.1) is 0 Å². The largest absolute Gasteiger partial charge is 0.383 e. The van der Waals surface area contributed by atoms with Crippen LogP contribution in [0.25, 0.3) is 11.1 Å². The average molecular weight is 350 g/mol. The van der Waals surface area contributed by atoms with Gasteiger partial charge in [0, 0.05) is 23.4 Å². The van der Waals surface area contributed by atoms with Crippen LogP contribution in [-0.4, -0.2) is 9.91 Å². The molecule has 2 aromatic rings. The van der Waals surface area contributed by atoms with Gasteiger partial charge in [0.25, 0.3) is 5.69 Å². The minimum absolute atomic E-state index is 0.0238. The molecule has 0 saturated heterocycles. The highest BCUT2D eigenvalue weighted by atomic mass is 16.6. The second-order valence-electron chi connectivity index (χ2n) is 7.89. The van der Waals surface area contributed by atoms with Gasteiger partial charge >= 0.3 is 0 Å². The fraction of sp³-hybridized carbons (Fsp3) is 0.400. The van der Waals surface area contributed by atoms with Crippen LogP contribution in [0.4, 0.5) is 11.5 Å². The van der Waals surface area contributed by atoms with Crippen molar-refractivity contribution in [2.24, 2.45) is 11.3 Å². The van der Waals surface area contributed by atoms with Crippen molar-refractivity contribution in [1.29, 1.82) is 5.26 Å². The second-order valence-corrected chi connectivity index (χ2v) is 7.89. The summed E-state index contributed by atoms with van der Waals surface area (Å²) in [6, 6.07) is 8.48. The van der Waals surface area contributed by atoms with E-state index in [4.69, 9.17) is 5.73 Å². The predicted octanol–water partition coefficient (Wildman–Crippen LogP) is 4.26. The van der Waals surface area contributed by atoms with Crippen LogP contribution < -0.4 is 5.73 Å². The molecule has 6 nitrogen and oxygen atoms in total. The van der Waals surface area contributed by atoms with Gasteiger partial charge in [-0.1, -0.05) is 20.8 Å². The number of benzene rings is 1. The number of nitrogen functional groups attached to an aromatic ring is 1. The second kappa shape index (κ2) is 6.41.